The first-order valence-electron chi connectivity index (χ1n) is 9.88. The van der Waals surface area contributed by atoms with E-state index in [0.717, 1.165) is 12.8 Å². The van der Waals surface area contributed by atoms with Crippen molar-refractivity contribution in [2.24, 2.45) is 0 Å². The predicted octanol–water partition coefficient (Wildman–Crippen LogP) is 5.53. The Morgan fingerprint density at radius 2 is 0.906 bits per heavy atom. The molecule has 0 saturated carbocycles. The summed E-state index contributed by atoms with van der Waals surface area (Å²) in [5, 5.41) is 0. The van der Waals surface area contributed by atoms with Crippen LogP contribution in [0.1, 0.15) is 22.3 Å². The van der Waals surface area contributed by atoms with Gasteiger partial charge in [0.05, 0.1) is 0 Å². The van der Waals surface area contributed by atoms with Crippen molar-refractivity contribution in [3.63, 3.8) is 0 Å². The van der Waals surface area contributed by atoms with Crippen LogP contribution in [0.25, 0.3) is 22.3 Å². The minimum absolute atomic E-state index is 1.05. The van der Waals surface area contributed by atoms with E-state index >= 15 is 0 Å². The van der Waals surface area contributed by atoms with Crippen molar-refractivity contribution in [2.45, 2.75) is 12.8 Å². The van der Waals surface area contributed by atoms with Gasteiger partial charge in [-0.3, -0.25) is 13.6 Å². The van der Waals surface area contributed by atoms with Crippen LogP contribution in [0.15, 0.2) is 84.9 Å². The fourth-order valence-corrected chi connectivity index (χ4v) is 4.00. The van der Waals surface area contributed by atoms with Gasteiger partial charge in [0.15, 0.2) is 0 Å². The molecule has 6 rings (SSSR count). The third kappa shape index (κ3) is 5.53. The van der Waals surface area contributed by atoms with Crippen molar-refractivity contribution in [1.82, 2.24) is 0 Å². The number of hydrogen-bond donors (Lipinski definition) is 0. The molecule has 2 nitrogen and oxygen atoms in total. The number of rotatable bonds is 0. The SMILES string of the molecule is [CH-]=O.[CH-]=O.[CH2]=[Ti].[c-]1cccc2c1Cc1ccccc1-2.[c-]1cccc2c1Cc1ccccc1-2. The number of hydrogen-bond acceptors (Lipinski definition) is 2. The third-order valence-corrected chi connectivity index (χ3v) is 5.23. The molecule has 0 aromatic heterocycles. The summed E-state index contributed by atoms with van der Waals surface area (Å²) in [6.45, 7) is 6.50. The molecule has 0 unspecified atom stereocenters. The minimum atomic E-state index is 1.05. The molecule has 32 heavy (non-hydrogen) atoms. The molecule has 0 N–H and O–H groups in total. The van der Waals surface area contributed by atoms with Crippen molar-refractivity contribution in [3.05, 3.63) is 119 Å². The van der Waals surface area contributed by atoms with Gasteiger partial charge in [0.1, 0.15) is 0 Å². The molecule has 0 aliphatic heterocycles. The summed E-state index contributed by atoms with van der Waals surface area (Å²) in [6.07, 6.45) is 2.10. The van der Waals surface area contributed by atoms with Crippen LogP contribution < -0.4 is 0 Å². The summed E-state index contributed by atoms with van der Waals surface area (Å²) in [4.78, 5) is 18.8. The predicted molar refractivity (Wildman–Crippen MR) is 128 cm³/mol. The zero-order chi connectivity index (χ0) is 23.3. The molecule has 0 atom stereocenters. The standard InChI is InChI=1S/2C13H9.2CHO.CH2.Ti/c2*1-3-7-12-10(5-1)9-11-6-2-4-8-13(11)12;2*1-2;;/h2*1-5,7-8H,9H2;2*1H;1H2;/q4*-1;;. The van der Waals surface area contributed by atoms with Crippen molar-refractivity contribution in [2.75, 3.05) is 0 Å². The Morgan fingerprint density at radius 3 is 1.31 bits per heavy atom. The molecule has 0 radical (unpaired) electrons. The molecule has 0 amide bonds. The van der Waals surface area contributed by atoms with E-state index in [1.807, 2.05) is 12.1 Å². The van der Waals surface area contributed by atoms with Crippen molar-refractivity contribution in [3.8, 4) is 22.3 Å². The molecule has 4 aromatic carbocycles. The fraction of sp³-hybridized carbons (Fsp3) is 0.0690. The van der Waals surface area contributed by atoms with E-state index in [4.69, 9.17) is 9.59 Å². The van der Waals surface area contributed by atoms with E-state index in [1.165, 1.54) is 44.5 Å². The molecule has 2 aliphatic carbocycles. The van der Waals surface area contributed by atoms with Crippen LogP contribution >= 0.6 is 0 Å². The Labute approximate surface area is 201 Å². The van der Waals surface area contributed by atoms with E-state index in [9.17, 15) is 0 Å². The molecular weight excluding hydrogens is 428 g/mol. The van der Waals surface area contributed by atoms with Crippen LogP contribution in [0.5, 0.6) is 0 Å². The Hall–Kier alpha value is -3.20. The number of benzene rings is 4. The van der Waals surface area contributed by atoms with E-state index < -0.39 is 0 Å². The largest absolute Gasteiger partial charge is 0.179 e. The zero-order valence-corrected chi connectivity index (χ0v) is 19.2. The van der Waals surface area contributed by atoms with Gasteiger partial charge >= 0.3 is 24.8 Å². The minimum Gasteiger partial charge on any atom is -0.179 e. The normalized spacial score (nSPS) is 10.3. The molecule has 0 spiro atoms. The van der Waals surface area contributed by atoms with Gasteiger partial charge in [-0.15, -0.1) is 11.1 Å². The van der Waals surface area contributed by atoms with Gasteiger partial charge in [0, 0.05) is 0 Å². The van der Waals surface area contributed by atoms with E-state index in [-0.39, 0.29) is 0 Å². The van der Waals surface area contributed by atoms with Crippen LogP contribution in [0.2, 0.25) is 0 Å². The fourth-order valence-electron chi connectivity index (χ4n) is 4.00. The molecule has 0 bridgehead atoms. The summed E-state index contributed by atoms with van der Waals surface area (Å²) in [7, 11) is 0. The number of fused-ring (bicyclic) bond motifs is 6. The van der Waals surface area contributed by atoms with Gasteiger partial charge in [0.25, 0.3) is 0 Å². The third-order valence-electron chi connectivity index (χ3n) is 5.23. The molecule has 4 aromatic rings. The molecule has 0 heterocycles. The number of carbonyl (C=O) groups excluding carboxylic acids is 2. The van der Waals surface area contributed by atoms with Crippen LogP contribution in [-0.4, -0.2) is 18.4 Å². The molecule has 2 aliphatic rings. The van der Waals surface area contributed by atoms with E-state index in [1.54, 1.807) is 20.0 Å². The van der Waals surface area contributed by atoms with Crippen LogP contribution in [0.4, 0.5) is 0 Å². The van der Waals surface area contributed by atoms with Gasteiger partial charge < -0.3 is 9.59 Å². The second-order valence-electron chi connectivity index (χ2n) is 6.79. The van der Waals surface area contributed by atoms with Gasteiger partial charge in [0.2, 0.25) is 0 Å². The van der Waals surface area contributed by atoms with Gasteiger partial charge in [-0.2, -0.15) is 59.7 Å². The van der Waals surface area contributed by atoms with Crippen LogP contribution in [0, 0.1) is 12.1 Å². The molecule has 0 saturated heterocycles. The average Bonchev–Trinajstić information content (AvgIpc) is 3.46. The van der Waals surface area contributed by atoms with Crippen molar-refractivity contribution in [1.29, 1.82) is 0 Å². The topological polar surface area (TPSA) is 34.1 Å². The van der Waals surface area contributed by atoms with E-state index in [0.29, 0.717) is 0 Å². The van der Waals surface area contributed by atoms with Gasteiger partial charge in [-0.25, -0.2) is 0 Å². The Balaban J connectivity index is 0.000000185. The van der Waals surface area contributed by atoms with Crippen LogP contribution in [0.3, 0.4) is 0 Å². The summed E-state index contributed by atoms with van der Waals surface area (Å²) in [5.74, 6) is 0. The first kappa shape index (κ1) is 25.1. The maximum absolute atomic E-state index is 7.75. The van der Waals surface area contributed by atoms with Gasteiger partial charge in [-0.05, 0) is 12.8 Å². The maximum Gasteiger partial charge on any atom is -0.0253 e. The average molecular weight is 450 g/mol. The first-order valence-corrected chi connectivity index (χ1v) is 11.0. The second-order valence-corrected chi connectivity index (χ2v) is 6.79. The molecule has 0 fully saturated rings. The molecular formula is C29H22O2Ti-4. The molecule has 3 heteroatoms. The molecule has 158 valence electrons. The summed E-state index contributed by atoms with van der Waals surface area (Å²) in [6, 6.07) is 36.2. The summed E-state index contributed by atoms with van der Waals surface area (Å²) < 4.78 is 0. The van der Waals surface area contributed by atoms with E-state index in [2.05, 4.69) is 103 Å². The first-order chi connectivity index (χ1) is 15.9. The zero-order valence-electron chi connectivity index (χ0n) is 17.7. The summed E-state index contributed by atoms with van der Waals surface area (Å²) in [5.41, 5.74) is 11.0. The smallest absolute Gasteiger partial charge is 0.0253 e. The van der Waals surface area contributed by atoms with Crippen molar-refractivity contribution >= 4 is 18.4 Å². The monoisotopic (exact) mass is 450 g/mol. The quantitative estimate of drug-likeness (QED) is 0.173. The van der Waals surface area contributed by atoms with Crippen molar-refractivity contribution < 1.29 is 29.6 Å². The Kier molecular flexibility index (Phi) is 10.4. The summed E-state index contributed by atoms with van der Waals surface area (Å²) >= 11 is 1.75. The Morgan fingerprint density at radius 1 is 0.562 bits per heavy atom. The second kappa shape index (κ2) is 13.3. The van der Waals surface area contributed by atoms with Crippen LogP contribution in [-0.2, 0) is 42.4 Å². The maximum atomic E-state index is 7.75. The Bertz CT molecular complexity index is 972. The van der Waals surface area contributed by atoms with Gasteiger partial charge in [-0.1, -0.05) is 70.8 Å².